The van der Waals surface area contributed by atoms with Crippen LogP contribution in [0.5, 0.6) is 5.75 Å². The molecule has 0 aliphatic carbocycles. The Balaban J connectivity index is 0.000000260. The van der Waals surface area contributed by atoms with Gasteiger partial charge in [-0.2, -0.15) is 13.2 Å². The van der Waals surface area contributed by atoms with Crippen LogP contribution in [0, 0.1) is 10.1 Å². The van der Waals surface area contributed by atoms with E-state index in [4.69, 9.17) is 4.74 Å². The molecule has 140 valence electrons. The molecule has 0 radical (unpaired) electrons. The summed E-state index contributed by atoms with van der Waals surface area (Å²) in [5.74, 6) is -0.115. The maximum atomic E-state index is 12.0. The van der Waals surface area contributed by atoms with E-state index in [0.717, 1.165) is 18.2 Å². The first-order valence-corrected chi connectivity index (χ1v) is 7.01. The lowest BCUT2D eigenvalue weighted by Gasteiger charge is -2.06. The summed E-state index contributed by atoms with van der Waals surface area (Å²) in [4.78, 5) is 19.6. The van der Waals surface area contributed by atoms with Crippen LogP contribution in [0.3, 0.4) is 0 Å². The van der Waals surface area contributed by atoms with Gasteiger partial charge in [-0.25, -0.2) is 0 Å². The zero-order valence-electron chi connectivity index (χ0n) is 13.5. The van der Waals surface area contributed by atoms with Gasteiger partial charge in [-0.3, -0.25) is 14.9 Å². The number of phenols is 1. The maximum absolute atomic E-state index is 12.0. The minimum atomic E-state index is -4.33. The van der Waals surface area contributed by atoms with E-state index in [-0.39, 0.29) is 18.0 Å². The van der Waals surface area contributed by atoms with Crippen molar-refractivity contribution in [3.8, 4) is 5.75 Å². The Morgan fingerprint density at radius 1 is 1.23 bits per heavy atom. The van der Waals surface area contributed by atoms with Crippen LogP contribution >= 0.6 is 0 Å². The molecule has 1 amide bonds. The summed E-state index contributed by atoms with van der Waals surface area (Å²) in [6, 6.07) is 8.10. The Labute approximate surface area is 146 Å². The largest absolute Gasteiger partial charge is 0.507 e. The lowest BCUT2D eigenvalue weighted by atomic mass is 10.2. The molecule has 0 saturated heterocycles. The number of nitrogens with zero attached hydrogens (tertiary/aromatic N) is 1. The minimum absolute atomic E-state index is 0.115. The number of amides is 1. The van der Waals surface area contributed by atoms with Crippen LogP contribution in [-0.4, -0.2) is 23.5 Å². The van der Waals surface area contributed by atoms with Crippen LogP contribution in [0.15, 0.2) is 42.5 Å². The quantitative estimate of drug-likeness (QED) is 0.473. The van der Waals surface area contributed by atoms with Crippen LogP contribution < -0.4 is 5.32 Å². The van der Waals surface area contributed by atoms with E-state index in [1.165, 1.54) is 31.4 Å². The first-order chi connectivity index (χ1) is 12.2. The van der Waals surface area contributed by atoms with Crippen LogP contribution in [-0.2, 0) is 22.3 Å². The van der Waals surface area contributed by atoms with E-state index in [2.05, 4.69) is 5.32 Å². The summed E-state index contributed by atoms with van der Waals surface area (Å²) in [5, 5.41) is 21.8. The van der Waals surface area contributed by atoms with Gasteiger partial charge in [0.15, 0.2) is 0 Å². The Hall–Kier alpha value is -3.14. The predicted octanol–water partition coefficient (Wildman–Crippen LogP) is 3.72. The van der Waals surface area contributed by atoms with E-state index in [1.54, 1.807) is 0 Å². The number of rotatable bonds is 5. The summed E-state index contributed by atoms with van der Waals surface area (Å²) < 4.78 is 40.8. The summed E-state index contributed by atoms with van der Waals surface area (Å²) >= 11 is 0. The zero-order valence-corrected chi connectivity index (χ0v) is 13.5. The fourth-order valence-electron chi connectivity index (χ4n) is 1.77. The van der Waals surface area contributed by atoms with Crippen molar-refractivity contribution in [1.82, 2.24) is 0 Å². The SMILES string of the molecule is COCc1ccc([N+](=O)[O-])cc1O.O=CNc1ccc(C(F)(F)F)cc1. The number of anilines is 1. The molecule has 2 aromatic rings. The van der Waals surface area contributed by atoms with Gasteiger partial charge in [-0.1, -0.05) is 0 Å². The molecule has 2 rings (SSSR count). The lowest BCUT2D eigenvalue weighted by Crippen LogP contribution is -2.04. The first kappa shape index (κ1) is 20.9. The molecule has 10 heteroatoms. The Morgan fingerprint density at radius 2 is 1.85 bits per heavy atom. The van der Waals surface area contributed by atoms with Crippen molar-refractivity contribution < 1.29 is 32.7 Å². The number of hydrogen-bond donors (Lipinski definition) is 2. The van der Waals surface area contributed by atoms with Crippen molar-refractivity contribution in [1.29, 1.82) is 0 Å². The van der Waals surface area contributed by atoms with E-state index in [1.807, 2.05) is 0 Å². The van der Waals surface area contributed by atoms with Gasteiger partial charge in [-0.05, 0) is 30.3 Å². The molecule has 2 N–H and O–H groups in total. The van der Waals surface area contributed by atoms with Crippen LogP contribution in [0.2, 0.25) is 0 Å². The van der Waals surface area contributed by atoms with Crippen molar-refractivity contribution in [3.63, 3.8) is 0 Å². The molecule has 0 heterocycles. The number of halogens is 3. The molecule has 7 nitrogen and oxygen atoms in total. The van der Waals surface area contributed by atoms with Crippen LogP contribution in [0.1, 0.15) is 11.1 Å². The number of benzene rings is 2. The number of hydrogen-bond acceptors (Lipinski definition) is 5. The topological polar surface area (TPSA) is 102 Å². The second-order valence-corrected chi connectivity index (χ2v) is 4.84. The smallest absolute Gasteiger partial charge is 0.416 e. The van der Waals surface area contributed by atoms with Gasteiger partial charge in [-0.15, -0.1) is 0 Å². The third kappa shape index (κ3) is 6.40. The third-order valence-corrected chi connectivity index (χ3v) is 3.02. The van der Waals surface area contributed by atoms with Crippen molar-refractivity contribution in [2.24, 2.45) is 0 Å². The Morgan fingerprint density at radius 3 is 2.27 bits per heavy atom. The van der Waals surface area contributed by atoms with Gasteiger partial charge in [0.2, 0.25) is 6.41 Å². The summed E-state index contributed by atoms with van der Waals surface area (Å²) in [6.45, 7) is 0.240. The number of nitro groups is 1. The highest BCUT2D eigenvalue weighted by atomic mass is 19.4. The number of phenolic OH excluding ortho intramolecular Hbond substituents is 1. The standard InChI is InChI=1S/C8H6F3NO.C8H9NO4/c9-8(10,11)6-1-3-7(4-2-6)12-5-13;1-13-5-6-2-3-7(9(11)12)4-8(6)10/h1-5H,(H,12,13);2-4,10H,5H2,1H3. The average Bonchev–Trinajstić information content (AvgIpc) is 2.57. The number of aromatic hydroxyl groups is 1. The van der Waals surface area contributed by atoms with Crippen molar-refractivity contribution in [2.45, 2.75) is 12.8 Å². The zero-order chi connectivity index (χ0) is 19.7. The van der Waals surface area contributed by atoms with Crippen molar-refractivity contribution in [3.05, 3.63) is 63.7 Å². The molecular weight excluding hydrogens is 357 g/mol. The Kier molecular flexibility index (Phi) is 7.53. The molecule has 26 heavy (non-hydrogen) atoms. The summed E-state index contributed by atoms with van der Waals surface area (Å²) in [5.41, 5.74) is 0.0115. The first-order valence-electron chi connectivity index (χ1n) is 7.01. The molecule has 0 bridgehead atoms. The maximum Gasteiger partial charge on any atom is 0.416 e. The molecule has 0 aliphatic heterocycles. The normalized spacial score (nSPS) is 10.5. The van der Waals surface area contributed by atoms with E-state index < -0.39 is 16.7 Å². The van der Waals surface area contributed by atoms with Gasteiger partial charge in [0.1, 0.15) is 5.75 Å². The molecule has 0 atom stereocenters. The predicted molar refractivity (Wildman–Crippen MR) is 86.6 cm³/mol. The number of carbonyl (C=O) groups excluding carboxylic acids is 1. The monoisotopic (exact) mass is 372 g/mol. The average molecular weight is 372 g/mol. The number of carbonyl (C=O) groups is 1. The molecular formula is C16H15F3N2O5. The number of alkyl halides is 3. The molecule has 2 aromatic carbocycles. The van der Waals surface area contributed by atoms with Crippen LogP contribution in [0.25, 0.3) is 0 Å². The minimum Gasteiger partial charge on any atom is -0.507 e. The van der Waals surface area contributed by atoms with E-state index in [9.17, 15) is 33.2 Å². The molecule has 0 unspecified atom stereocenters. The molecule has 0 aliphatic rings. The van der Waals surface area contributed by atoms with E-state index >= 15 is 0 Å². The van der Waals surface area contributed by atoms with E-state index in [0.29, 0.717) is 17.7 Å². The summed E-state index contributed by atoms with van der Waals surface area (Å²) in [6.07, 6.45) is -3.93. The fourth-order valence-corrected chi connectivity index (χ4v) is 1.77. The van der Waals surface area contributed by atoms with Crippen LogP contribution in [0.4, 0.5) is 24.5 Å². The third-order valence-electron chi connectivity index (χ3n) is 3.02. The summed E-state index contributed by atoms with van der Waals surface area (Å²) in [7, 11) is 1.49. The highest BCUT2D eigenvalue weighted by Crippen LogP contribution is 2.29. The molecule has 0 spiro atoms. The number of non-ortho nitro benzene ring substituents is 1. The number of nitrogens with one attached hydrogen (secondary N) is 1. The van der Waals surface area contributed by atoms with Crippen molar-refractivity contribution >= 4 is 17.8 Å². The van der Waals surface area contributed by atoms with Gasteiger partial charge in [0.25, 0.3) is 5.69 Å². The lowest BCUT2D eigenvalue weighted by molar-refractivity contribution is -0.385. The number of ether oxygens (including phenoxy) is 1. The van der Waals surface area contributed by atoms with Gasteiger partial charge < -0.3 is 15.2 Å². The second kappa shape index (κ2) is 9.37. The van der Waals surface area contributed by atoms with Gasteiger partial charge >= 0.3 is 6.18 Å². The number of methoxy groups -OCH3 is 1. The second-order valence-electron chi connectivity index (χ2n) is 4.84. The highest BCUT2D eigenvalue weighted by molar-refractivity contribution is 5.71. The number of nitro benzene ring substituents is 1. The Bertz CT molecular complexity index is 749. The van der Waals surface area contributed by atoms with Gasteiger partial charge in [0.05, 0.1) is 23.2 Å². The molecule has 0 saturated carbocycles. The molecule has 0 fully saturated rings. The highest BCUT2D eigenvalue weighted by Gasteiger charge is 2.29. The molecule has 0 aromatic heterocycles. The van der Waals surface area contributed by atoms with Crippen molar-refractivity contribution in [2.75, 3.05) is 12.4 Å². The van der Waals surface area contributed by atoms with Gasteiger partial charge in [0, 0.05) is 24.4 Å². The fraction of sp³-hybridized carbons (Fsp3) is 0.188.